The molecular weight excluding hydrogens is 514 g/mol. The zero-order valence-electron chi connectivity index (χ0n) is 22.3. The van der Waals surface area contributed by atoms with Crippen molar-refractivity contribution in [3.05, 3.63) is 77.0 Å². The number of fused-ring (bicyclic) bond motifs is 7. The second-order valence-electron chi connectivity index (χ2n) is 9.77. The molecule has 3 aliphatic rings. The second-order valence-corrected chi connectivity index (χ2v) is 9.77. The Morgan fingerprint density at radius 1 is 1.15 bits per heavy atom. The van der Waals surface area contributed by atoms with E-state index in [4.69, 9.17) is 19.9 Å². The number of hydrogen-bond acceptors (Lipinski definition) is 8. The van der Waals surface area contributed by atoms with Gasteiger partial charge in [-0.3, -0.25) is 14.4 Å². The van der Waals surface area contributed by atoms with Crippen molar-refractivity contribution in [3.8, 4) is 17.2 Å². The largest absolute Gasteiger partial charge is 0.496 e. The summed E-state index contributed by atoms with van der Waals surface area (Å²) >= 11 is 0. The van der Waals surface area contributed by atoms with Crippen LogP contribution in [-0.2, 0) is 11.3 Å². The number of nitrogens with zero attached hydrogens (tertiary/aromatic N) is 2. The average molecular weight is 546 g/mol. The van der Waals surface area contributed by atoms with Crippen molar-refractivity contribution >= 4 is 23.5 Å². The van der Waals surface area contributed by atoms with Crippen LogP contribution < -0.4 is 30.6 Å². The molecule has 4 bridgehead atoms. The van der Waals surface area contributed by atoms with Crippen molar-refractivity contribution in [1.82, 2.24) is 20.5 Å². The molecule has 3 aromatic rings. The summed E-state index contributed by atoms with van der Waals surface area (Å²) in [5.41, 5.74) is 8.01. The second kappa shape index (κ2) is 11.5. The van der Waals surface area contributed by atoms with Gasteiger partial charge in [-0.05, 0) is 48.9 Å². The number of nitrogen functional groups attached to an aromatic ring is 1. The molecule has 0 spiro atoms. The fraction of sp³-hybridized carbons (Fsp3) is 0.310. The molecule has 4 heterocycles. The molecule has 1 aromatic heterocycles. The molecule has 6 rings (SSSR count). The summed E-state index contributed by atoms with van der Waals surface area (Å²) in [5, 5.41) is 5.88. The van der Waals surface area contributed by atoms with Crippen LogP contribution in [0, 0.1) is 6.92 Å². The van der Waals surface area contributed by atoms with Crippen LogP contribution in [0.5, 0.6) is 17.2 Å². The zero-order chi connectivity index (χ0) is 28.2. The number of pyridine rings is 1. The van der Waals surface area contributed by atoms with Gasteiger partial charge in [-0.2, -0.15) is 0 Å². The first-order valence-corrected chi connectivity index (χ1v) is 13.0. The predicted octanol–water partition coefficient (Wildman–Crippen LogP) is 2.08. The first kappa shape index (κ1) is 26.8. The molecule has 2 aromatic carbocycles. The van der Waals surface area contributed by atoms with E-state index in [2.05, 4.69) is 15.6 Å². The number of benzene rings is 2. The van der Waals surface area contributed by atoms with E-state index in [0.29, 0.717) is 47.2 Å². The summed E-state index contributed by atoms with van der Waals surface area (Å²) < 4.78 is 17.6. The van der Waals surface area contributed by atoms with E-state index in [1.807, 2.05) is 13.0 Å². The van der Waals surface area contributed by atoms with E-state index in [0.717, 1.165) is 11.1 Å². The van der Waals surface area contributed by atoms with E-state index in [1.165, 1.54) is 6.20 Å². The van der Waals surface area contributed by atoms with Crippen molar-refractivity contribution in [2.24, 2.45) is 0 Å². The molecule has 1 fully saturated rings. The van der Waals surface area contributed by atoms with Crippen molar-refractivity contribution < 1.29 is 28.6 Å². The van der Waals surface area contributed by atoms with Gasteiger partial charge in [-0.25, -0.2) is 4.98 Å². The Morgan fingerprint density at radius 3 is 2.77 bits per heavy atom. The van der Waals surface area contributed by atoms with Gasteiger partial charge < -0.3 is 35.5 Å². The highest BCUT2D eigenvalue weighted by atomic mass is 16.5. The number of piperidine rings is 1. The van der Waals surface area contributed by atoms with Crippen LogP contribution in [-0.4, -0.2) is 66.6 Å². The third-order valence-corrected chi connectivity index (χ3v) is 7.02. The lowest BCUT2D eigenvalue weighted by Crippen LogP contribution is -2.58. The third-order valence-electron chi connectivity index (χ3n) is 7.02. The first-order valence-electron chi connectivity index (χ1n) is 13.0. The number of methoxy groups -OCH3 is 1. The van der Waals surface area contributed by atoms with Crippen LogP contribution >= 0.6 is 0 Å². The van der Waals surface area contributed by atoms with Crippen LogP contribution in [0.1, 0.15) is 38.3 Å². The number of hydrogen-bond donors (Lipinski definition) is 3. The summed E-state index contributed by atoms with van der Waals surface area (Å²) in [5.74, 6) is 0.975. The molecule has 40 heavy (non-hydrogen) atoms. The Kier molecular flexibility index (Phi) is 7.72. The number of carbonyl (C=O) groups excluding carboxylic acids is 3. The Bertz CT molecular complexity index is 1430. The topological polar surface area (TPSA) is 145 Å². The number of carbonyl (C=O) groups is 3. The standard InChI is InChI=1S/C29H31N5O6/c1-17-3-4-18-11-24(17)39-16-27(35)32-13-19-5-7-21(12-25(19)38-2)40-23-9-10-34(15-22(23)33-28(18)36)29(37)20-6-8-26(30)31-14-20/h3-8,11-12,14,22-23H,9-10,13,15-16H2,1-2H3,(H2,30,31)(H,32,35)(H,33,36)/t22-,23+/m0/s1. The highest BCUT2D eigenvalue weighted by molar-refractivity contribution is 5.96. The summed E-state index contributed by atoms with van der Waals surface area (Å²) in [6.07, 6.45) is 1.49. The van der Waals surface area contributed by atoms with Crippen LogP contribution in [0.15, 0.2) is 54.7 Å². The molecule has 0 aliphatic carbocycles. The van der Waals surface area contributed by atoms with Gasteiger partial charge in [0.15, 0.2) is 6.61 Å². The van der Waals surface area contributed by atoms with E-state index in [1.54, 1.807) is 54.5 Å². The van der Waals surface area contributed by atoms with Gasteiger partial charge >= 0.3 is 0 Å². The van der Waals surface area contributed by atoms with Gasteiger partial charge in [0.25, 0.3) is 17.7 Å². The molecule has 3 aliphatic heterocycles. The van der Waals surface area contributed by atoms with E-state index < -0.39 is 12.1 Å². The molecule has 0 saturated carbocycles. The molecule has 4 N–H and O–H groups in total. The SMILES string of the molecule is COc1cc2ccc1CNC(=O)COc1cc(ccc1C)C(=O)N[C@H]1CN(C(=O)c3ccc(N)nc3)CC[C@H]1O2. The van der Waals surface area contributed by atoms with Crippen LogP contribution in [0.25, 0.3) is 0 Å². The quantitative estimate of drug-likeness (QED) is 0.444. The highest BCUT2D eigenvalue weighted by Gasteiger charge is 2.35. The minimum absolute atomic E-state index is 0.210. The maximum atomic E-state index is 13.4. The fourth-order valence-corrected chi connectivity index (χ4v) is 4.76. The monoisotopic (exact) mass is 545 g/mol. The number of ether oxygens (including phenoxy) is 3. The Labute approximate surface area is 231 Å². The maximum absolute atomic E-state index is 13.4. The molecule has 0 radical (unpaired) electrons. The molecule has 1 saturated heterocycles. The lowest BCUT2D eigenvalue weighted by molar-refractivity contribution is -0.123. The van der Waals surface area contributed by atoms with E-state index >= 15 is 0 Å². The fourth-order valence-electron chi connectivity index (χ4n) is 4.76. The summed E-state index contributed by atoms with van der Waals surface area (Å²) in [4.78, 5) is 44.8. The predicted molar refractivity (Wildman–Crippen MR) is 146 cm³/mol. The third kappa shape index (κ3) is 5.93. The van der Waals surface area contributed by atoms with Gasteiger partial charge in [0, 0.05) is 49.4 Å². The number of anilines is 1. The zero-order valence-corrected chi connectivity index (χ0v) is 22.3. The van der Waals surface area contributed by atoms with Gasteiger partial charge in [-0.15, -0.1) is 0 Å². The molecule has 208 valence electrons. The number of rotatable bonds is 2. The van der Waals surface area contributed by atoms with Crippen LogP contribution in [0.2, 0.25) is 0 Å². The van der Waals surface area contributed by atoms with Crippen LogP contribution in [0.4, 0.5) is 5.82 Å². The lowest BCUT2D eigenvalue weighted by atomic mass is 10.00. The lowest BCUT2D eigenvalue weighted by Gasteiger charge is -2.39. The molecule has 2 atom stereocenters. The highest BCUT2D eigenvalue weighted by Crippen LogP contribution is 2.28. The van der Waals surface area contributed by atoms with Gasteiger partial charge in [0.1, 0.15) is 29.2 Å². The Morgan fingerprint density at radius 2 is 2.00 bits per heavy atom. The van der Waals surface area contributed by atoms with Crippen molar-refractivity contribution in [3.63, 3.8) is 0 Å². The molecular formula is C29H31N5O6. The van der Waals surface area contributed by atoms with Crippen LogP contribution in [0.3, 0.4) is 0 Å². The number of likely N-dealkylation sites (tertiary alicyclic amines) is 1. The minimum atomic E-state index is -0.526. The number of aromatic nitrogens is 1. The maximum Gasteiger partial charge on any atom is 0.258 e. The Balaban J connectivity index is 1.46. The van der Waals surface area contributed by atoms with Gasteiger partial charge in [0.05, 0.1) is 18.7 Å². The van der Waals surface area contributed by atoms with Crippen molar-refractivity contribution in [2.45, 2.75) is 32.0 Å². The number of amides is 3. The van der Waals surface area contributed by atoms with Crippen molar-refractivity contribution in [2.75, 3.05) is 32.5 Å². The Hall–Kier alpha value is -4.80. The van der Waals surface area contributed by atoms with E-state index in [9.17, 15) is 14.4 Å². The number of nitrogens with one attached hydrogen (secondary N) is 2. The molecule has 11 nitrogen and oxygen atoms in total. The molecule has 3 amide bonds. The summed E-state index contributed by atoms with van der Waals surface area (Å²) in [6, 6.07) is 13.1. The van der Waals surface area contributed by atoms with E-state index in [-0.39, 0.29) is 37.4 Å². The summed E-state index contributed by atoms with van der Waals surface area (Å²) in [7, 11) is 1.55. The van der Waals surface area contributed by atoms with Gasteiger partial charge in [-0.1, -0.05) is 6.07 Å². The first-order chi connectivity index (χ1) is 19.3. The normalized spacial score (nSPS) is 19.3. The summed E-state index contributed by atoms with van der Waals surface area (Å²) in [6.45, 7) is 2.52. The average Bonchev–Trinajstić information content (AvgIpc) is 2.96. The smallest absolute Gasteiger partial charge is 0.258 e. The van der Waals surface area contributed by atoms with Gasteiger partial charge in [0.2, 0.25) is 0 Å². The molecule has 0 unspecified atom stereocenters. The minimum Gasteiger partial charge on any atom is -0.496 e. The molecule has 11 heteroatoms. The number of aryl methyl sites for hydroxylation is 1. The number of nitrogens with two attached hydrogens (primary N) is 1. The van der Waals surface area contributed by atoms with Crippen molar-refractivity contribution in [1.29, 1.82) is 0 Å².